The first-order valence-corrected chi connectivity index (χ1v) is 8.73. The number of hydrogen-bond acceptors (Lipinski definition) is 4. The Morgan fingerprint density at radius 1 is 1.19 bits per heavy atom. The molecule has 5 N–H and O–H groups in total. The molecule has 1 aliphatic rings. The van der Waals surface area contributed by atoms with Gasteiger partial charge >= 0.3 is 0 Å². The molecule has 0 bridgehead atoms. The van der Waals surface area contributed by atoms with Crippen molar-refractivity contribution in [2.75, 3.05) is 6.54 Å². The predicted octanol–water partition coefficient (Wildman–Crippen LogP) is 0.805. The minimum absolute atomic E-state index is 0.0805. The Kier molecular flexibility index (Phi) is 5.92. The zero-order valence-electron chi connectivity index (χ0n) is 15.2. The fourth-order valence-corrected chi connectivity index (χ4v) is 2.65. The molecule has 0 unspecified atom stereocenters. The Bertz CT molecular complexity index is 722. The van der Waals surface area contributed by atoms with Crippen LogP contribution in [0.1, 0.15) is 45.1 Å². The fraction of sp³-hybridized carbons (Fsp3) is 0.474. The number of nitrogens with two attached hydrogens (primary N) is 2. The van der Waals surface area contributed by atoms with Crippen LogP contribution in [0.15, 0.2) is 35.3 Å². The average Bonchev–Trinajstić information content (AvgIpc) is 3.40. The van der Waals surface area contributed by atoms with Gasteiger partial charge < -0.3 is 16.8 Å². The summed E-state index contributed by atoms with van der Waals surface area (Å²) < 4.78 is 0. The van der Waals surface area contributed by atoms with Gasteiger partial charge in [-0.2, -0.15) is 0 Å². The lowest BCUT2D eigenvalue weighted by Gasteiger charge is -2.22. The third-order valence-corrected chi connectivity index (χ3v) is 4.64. The molecule has 7 heteroatoms. The molecule has 7 nitrogen and oxygen atoms in total. The van der Waals surface area contributed by atoms with Gasteiger partial charge in [0.05, 0.1) is 5.41 Å². The monoisotopic (exact) mass is 358 g/mol. The van der Waals surface area contributed by atoms with Gasteiger partial charge in [0.25, 0.3) is 11.8 Å². The van der Waals surface area contributed by atoms with E-state index < -0.39 is 22.8 Å². The van der Waals surface area contributed by atoms with Crippen LogP contribution in [0.5, 0.6) is 0 Å². The smallest absolute Gasteiger partial charge is 0.266 e. The highest BCUT2D eigenvalue weighted by atomic mass is 16.2. The predicted molar refractivity (Wildman–Crippen MR) is 99.5 cm³/mol. The average molecular weight is 358 g/mol. The fourth-order valence-electron chi connectivity index (χ4n) is 2.65. The van der Waals surface area contributed by atoms with Gasteiger partial charge in [-0.05, 0) is 51.6 Å². The van der Waals surface area contributed by atoms with E-state index in [0.717, 1.165) is 5.56 Å². The summed E-state index contributed by atoms with van der Waals surface area (Å²) in [5.74, 6) is -1.57. The molecule has 1 saturated carbocycles. The van der Waals surface area contributed by atoms with Crippen molar-refractivity contribution in [1.82, 2.24) is 5.32 Å². The van der Waals surface area contributed by atoms with E-state index in [2.05, 4.69) is 10.3 Å². The molecule has 1 aromatic rings. The van der Waals surface area contributed by atoms with E-state index in [0.29, 0.717) is 25.8 Å². The second kappa shape index (κ2) is 7.78. The molecule has 2 rings (SSSR count). The number of aliphatic imine (C=N–C) groups is 1. The standard InChI is InChI=1S/C19H26N4O3/c1-18(2,16(21)25)23-15(24)14(9-6-12-20)22-17(26)19(10-11-19)13-7-4-3-5-8-13/h3-5,7-8H,6,9-12,20H2,1-2H3,(H2,21,25)(H,23,24). The maximum Gasteiger partial charge on any atom is 0.266 e. The van der Waals surface area contributed by atoms with E-state index >= 15 is 0 Å². The van der Waals surface area contributed by atoms with Crippen molar-refractivity contribution >= 4 is 23.4 Å². The van der Waals surface area contributed by atoms with Crippen molar-refractivity contribution in [3.63, 3.8) is 0 Å². The summed E-state index contributed by atoms with van der Waals surface area (Å²) in [5.41, 5.74) is 9.93. The molecular weight excluding hydrogens is 332 g/mol. The quantitative estimate of drug-likeness (QED) is 0.594. The first-order chi connectivity index (χ1) is 12.2. The Balaban J connectivity index is 2.24. The van der Waals surface area contributed by atoms with Gasteiger partial charge in [0.15, 0.2) is 0 Å². The van der Waals surface area contributed by atoms with Crippen molar-refractivity contribution in [3.05, 3.63) is 35.9 Å². The topological polar surface area (TPSA) is 128 Å². The molecule has 1 aliphatic carbocycles. The molecule has 1 fully saturated rings. The molecule has 26 heavy (non-hydrogen) atoms. The molecule has 140 valence electrons. The molecular formula is C19H26N4O3. The number of nitrogens with zero attached hydrogens (tertiary/aromatic N) is 1. The molecule has 0 atom stereocenters. The van der Waals surface area contributed by atoms with Crippen LogP contribution in [0.2, 0.25) is 0 Å². The van der Waals surface area contributed by atoms with Crippen LogP contribution in [0.3, 0.4) is 0 Å². The number of rotatable bonds is 8. The third kappa shape index (κ3) is 4.35. The molecule has 0 aromatic heterocycles. The molecule has 3 amide bonds. The highest BCUT2D eigenvalue weighted by Crippen LogP contribution is 2.49. The van der Waals surface area contributed by atoms with Gasteiger partial charge in [0.1, 0.15) is 11.3 Å². The lowest BCUT2D eigenvalue weighted by molar-refractivity contribution is -0.127. The van der Waals surface area contributed by atoms with Crippen LogP contribution in [0.25, 0.3) is 0 Å². The van der Waals surface area contributed by atoms with Crippen LogP contribution in [0, 0.1) is 0 Å². The zero-order valence-corrected chi connectivity index (χ0v) is 15.2. The lowest BCUT2D eigenvalue weighted by atomic mass is 9.95. The molecule has 0 spiro atoms. The van der Waals surface area contributed by atoms with Gasteiger partial charge in [0, 0.05) is 0 Å². The number of nitrogens with one attached hydrogen (secondary N) is 1. The maximum atomic E-state index is 12.8. The second-order valence-electron chi connectivity index (χ2n) is 7.15. The minimum Gasteiger partial charge on any atom is -0.368 e. The van der Waals surface area contributed by atoms with Crippen LogP contribution in [-0.2, 0) is 19.8 Å². The van der Waals surface area contributed by atoms with E-state index in [9.17, 15) is 14.4 Å². The molecule has 1 aromatic carbocycles. The number of carbonyl (C=O) groups excluding carboxylic acids is 3. The number of benzene rings is 1. The zero-order chi connectivity index (χ0) is 19.4. The van der Waals surface area contributed by atoms with E-state index in [1.807, 2.05) is 30.3 Å². The van der Waals surface area contributed by atoms with E-state index in [1.165, 1.54) is 13.8 Å². The first kappa shape index (κ1) is 19.8. The van der Waals surface area contributed by atoms with Crippen molar-refractivity contribution in [3.8, 4) is 0 Å². The van der Waals surface area contributed by atoms with Gasteiger partial charge in [-0.3, -0.25) is 14.4 Å². The van der Waals surface area contributed by atoms with E-state index in [-0.39, 0.29) is 18.0 Å². The number of amides is 3. The highest BCUT2D eigenvalue weighted by molar-refractivity contribution is 6.41. The third-order valence-electron chi connectivity index (χ3n) is 4.64. The summed E-state index contributed by atoms with van der Waals surface area (Å²) in [4.78, 5) is 40.9. The molecule has 0 radical (unpaired) electrons. The number of carbonyl (C=O) groups is 3. The summed E-state index contributed by atoms with van der Waals surface area (Å²) >= 11 is 0. The van der Waals surface area contributed by atoms with Crippen LogP contribution < -0.4 is 16.8 Å². The first-order valence-electron chi connectivity index (χ1n) is 8.73. The number of hydrogen-bond donors (Lipinski definition) is 3. The van der Waals surface area contributed by atoms with Crippen molar-refractivity contribution < 1.29 is 14.4 Å². The molecule has 0 aliphatic heterocycles. The van der Waals surface area contributed by atoms with Gasteiger partial charge in [0.2, 0.25) is 5.91 Å². The summed E-state index contributed by atoms with van der Waals surface area (Å²) in [6, 6.07) is 9.44. The van der Waals surface area contributed by atoms with Gasteiger partial charge in [-0.15, -0.1) is 0 Å². The highest BCUT2D eigenvalue weighted by Gasteiger charge is 2.51. The van der Waals surface area contributed by atoms with E-state index in [1.54, 1.807) is 0 Å². The Labute approximate surface area is 153 Å². The molecule has 0 heterocycles. The number of primary amides is 1. The Morgan fingerprint density at radius 2 is 1.81 bits per heavy atom. The largest absolute Gasteiger partial charge is 0.368 e. The van der Waals surface area contributed by atoms with Crippen molar-refractivity contribution in [2.24, 2.45) is 16.5 Å². The van der Waals surface area contributed by atoms with Crippen molar-refractivity contribution in [2.45, 2.75) is 50.5 Å². The normalized spacial score (nSPS) is 16.0. The van der Waals surface area contributed by atoms with Crippen molar-refractivity contribution in [1.29, 1.82) is 0 Å². The van der Waals surface area contributed by atoms with Crippen LogP contribution >= 0.6 is 0 Å². The van der Waals surface area contributed by atoms with Gasteiger partial charge in [-0.1, -0.05) is 30.3 Å². The molecule has 0 saturated heterocycles. The van der Waals surface area contributed by atoms with Crippen LogP contribution in [0.4, 0.5) is 0 Å². The summed E-state index contributed by atoms with van der Waals surface area (Å²) in [6.45, 7) is 3.37. The summed E-state index contributed by atoms with van der Waals surface area (Å²) in [5, 5.41) is 2.54. The maximum absolute atomic E-state index is 12.8. The lowest BCUT2D eigenvalue weighted by Crippen LogP contribution is -2.54. The van der Waals surface area contributed by atoms with Crippen LogP contribution in [-0.4, -0.2) is 35.5 Å². The SMILES string of the molecule is CC(C)(NC(=O)C(CCCN)=NC(=O)C1(c2ccccc2)CC1)C(N)=O. The summed E-state index contributed by atoms with van der Waals surface area (Å²) in [7, 11) is 0. The van der Waals surface area contributed by atoms with E-state index in [4.69, 9.17) is 11.5 Å². The Morgan fingerprint density at radius 3 is 2.31 bits per heavy atom. The summed E-state index contributed by atoms with van der Waals surface area (Å²) in [6.07, 6.45) is 2.18. The van der Waals surface area contributed by atoms with Gasteiger partial charge in [-0.25, -0.2) is 4.99 Å². The second-order valence-corrected chi connectivity index (χ2v) is 7.15. The Hall–Kier alpha value is -2.54. The minimum atomic E-state index is -1.24.